The fourth-order valence-corrected chi connectivity index (χ4v) is 2.34. The second-order valence-electron chi connectivity index (χ2n) is 5.16. The topological polar surface area (TPSA) is 29.9 Å². The highest BCUT2D eigenvalue weighted by molar-refractivity contribution is 5.14. The van der Waals surface area contributed by atoms with Gasteiger partial charge >= 0.3 is 0 Å². The summed E-state index contributed by atoms with van der Waals surface area (Å²) < 4.78 is 2.07. The Morgan fingerprint density at radius 1 is 1.05 bits per heavy atom. The Balaban J connectivity index is 1.67. The zero-order valence-corrected chi connectivity index (χ0v) is 12.4. The van der Waals surface area contributed by atoms with Gasteiger partial charge in [0.1, 0.15) is 0 Å². The highest BCUT2D eigenvalue weighted by atomic mass is 15.3. The standard InChI is InChI=1S/C17H25N3/c1-2-18-12-6-10-17-14-19-20(15-17)13-7-11-16-8-4-3-5-9-16/h3-5,8-9,14-15,18H,2,6-7,10-13H2,1H3. The lowest BCUT2D eigenvalue weighted by Gasteiger charge is -2.02. The number of aromatic nitrogens is 2. The van der Waals surface area contributed by atoms with Crippen LogP contribution in [0.1, 0.15) is 30.9 Å². The number of hydrogen-bond donors (Lipinski definition) is 1. The van der Waals surface area contributed by atoms with Gasteiger partial charge in [0.15, 0.2) is 0 Å². The van der Waals surface area contributed by atoms with Crippen LogP contribution in [0.15, 0.2) is 42.7 Å². The van der Waals surface area contributed by atoms with E-state index in [1.165, 1.54) is 17.5 Å². The van der Waals surface area contributed by atoms with E-state index in [1.54, 1.807) is 0 Å². The molecular weight excluding hydrogens is 246 g/mol. The van der Waals surface area contributed by atoms with Crippen molar-refractivity contribution in [3.8, 4) is 0 Å². The maximum atomic E-state index is 4.44. The van der Waals surface area contributed by atoms with Gasteiger partial charge in [-0.1, -0.05) is 37.3 Å². The van der Waals surface area contributed by atoms with Crippen molar-refractivity contribution in [1.82, 2.24) is 15.1 Å². The Bertz CT molecular complexity index is 476. The third-order valence-electron chi connectivity index (χ3n) is 3.45. The van der Waals surface area contributed by atoms with Gasteiger partial charge in [0.25, 0.3) is 0 Å². The van der Waals surface area contributed by atoms with Crippen molar-refractivity contribution in [3.05, 3.63) is 53.9 Å². The van der Waals surface area contributed by atoms with Crippen LogP contribution in [-0.2, 0) is 19.4 Å². The van der Waals surface area contributed by atoms with E-state index in [0.717, 1.165) is 38.9 Å². The van der Waals surface area contributed by atoms with Gasteiger partial charge in [-0.05, 0) is 49.9 Å². The van der Waals surface area contributed by atoms with E-state index < -0.39 is 0 Å². The van der Waals surface area contributed by atoms with Crippen molar-refractivity contribution in [2.45, 2.75) is 39.2 Å². The zero-order valence-electron chi connectivity index (χ0n) is 12.4. The minimum Gasteiger partial charge on any atom is -0.317 e. The molecule has 0 aliphatic heterocycles. The molecule has 1 aromatic heterocycles. The fourth-order valence-electron chi connectivity index (χ4n) is 2.34. The smallest absolute Gasteiger partial charge is 0.0521 e. The molecule has 3 nitrogen and oxygen atoms in total. The van der Waals surface area contributed by atoms with Crippen LogP contribution in [0.5, 0.6) is 0 Å². The molecule has 1 heterocycles. The Labute approximate surface area is 122 Å². The number of rotatable bonds is 9. The Morgan fingerprint density at radius 3 is 2.65 bits per heavy atom. The molecule has 0 fully saturated rings. The lowest BCUT2D eigenvalue weighted by Crippen LogP contribution is -2.14. The molecule has 1 aromatic carbocycles. The van der Waals surface area contributed by atoms with E-state index in [4.69, 9.17) is 0 Å². The van der Waals surface area contributed by atoms with Crippen molar-refractivity contribution in [2.24, 2.45) is 0 Å². The van der Waals surface area contributed by atoms with Gasteiger partial charge < -0.3 is 5.32 Å². The van der Waals surface area contributed by atoms with Crippen LogP contribution in [0.3, 0.4) is 0 Å². The number of aryl methyl sites for hydroxylation is 3. The molecule has 3 heteroatoms. The largest absolute Gasteiger partial charge is 0.317 e. The van der Waals surface area contributed by atoms with Crippen molar-refractivity contribution in [1.29, 1.82) is 0 Å². The monoisotopic (exact) mass is 271 g/mol. The molecule has 108 valence electrons. The van der Waals surface area contributed by atoms with E-state index in [1.807, 2.05) is 6.20 Å². The quantitative estimate of drug-likeness (QED) is 0.710. The average Bonchev–Trinajstić information content (AvgIpc) is 2.93. The molecule has 0 unspecified atom stereocenters. The zero-order chi connectivity index (χ0) is 14.0. The second-order valence-corrected chi connectivity index (χ2v) is 5.16. The molecule has 0 amide bonds. The lowest BCUT2D eigenvalue weighted by molar-refractivity contribution is 0.578. The minimum atomic E-state index is 1.00. The van der Waals surface area contributed by atoms with E-state index >= 15 is 0 Å². The summed E-state index contributed by atoms with van der Waals surface area (Å²) >= 11 is 0. The molecular formula is C17H25N3. The molecule has 20 heavy (non-hydrogen) atoms. The molecule has 0 saturated carbocycles. The molecule has 0 aliphatic carbocycles. The highest BCUT2D eigenvalue weighted by Crippen LogP contribution is 2.06. The number of hydrogen-bond acceptors (Lipinski definition) is 2. The Kier molecular flexibility index (Phi) is 6.32. The normalized spacial score (nSPS) is 10.8. The van der Waals surface area contributed by atoms with Gasteiger partial charge in [-0.3, -0.25) is 4.68 Å². The molecule has 0 saturated heterocycles. The van der Waals surface area contributed by atoms with Crippen LogP contribution < -0.4 is 5.32 Å². The summed E-state index contributed by atoms with van der Waals surface area (Å²) in [5.74, 6) is 0. The van der Waals surface area contributed by atoms with Gasteiger partial charge in [0.2, 0.25) is 0 Å². The maximum Gasteiger partial charge on any atom is 0.0521 e. The molecule has 2 aromatic rings. The van der Waals surface area contributed by atoms with Crippen molar-refractivity contribution >= 4 is 0 Å². The predicted molar refractivity (Wildman–Crippen MR) is 83.9 cm³/mol. The first kappa shape index (κ1) is 14.8. The van der Waals surface area contributed by atoms with Crippen molar-refractivity contribution in [2.75, 3.05) is 13.1 Å². The van der Waals surface area contributed by atoms with Crippen LogP contribution in [0.4, 0.5) is 0 Å². The lowest BCUT2D eigenvalue weighted by atomic mass is 10.1. The fraction of sp³-hybridized carbons (Fsp3) is 0.471. The first-order valence-corrected chi connectivity index (χ1v) is 7.64. The number of nitrogens with one attached hydrogen (secondary N) is 1. The molecule has 2 rings (SSSR count). The third kappa shape index (κ3) is 5.17. The Hall–Kier alpha value is -1.61. The summed E-state index contributed by atoms with van der Waals surface area (Å²) in [6, 6.07) is 10.7. The molecule has 0 atom stereocenters. The highest BCUT2D eigenvalue weighted by Gasteiger charge is 1.99. The first-order valence-electron chi connectivity index (χ1n) is 7.64. The third-order valence-corrected chi connectivity index (χ3v) is 3.45. The van der Waals surface area contributed by atoms with Gasteiger partial charge in [-0.15, -0.1) is 0 Å². The first-order chi connectivity index (χ1) is 9.88. The molecule has 0 bridgehead atoms. The molecule has 1 N–H and O–H groups in total. The van der Waals surface area contributed by atoms with Crippen LogP contribution in [0.25, 0.3) is 0 Å². The van der Waals surface area contributed by atoms with Crippen LogP contribution in [0.2, 0.25) is 0 Å². The summed E-state index contributed by atoms with van der Waals surface area (Å²) in [5, 5.41) is 7.79. The molecule has 0 spiro atoms. The van der Waals surface area contributed by atoms with Gasteiger partial charge in [-0.2, -0.15) is 5.10 Å². The maximum absolute atomic E-state index is 4.44. The van der Waals surface area contributed by atoms with Crippen LogP contribution >= 0.6 is 0 Å². The minimum absolute atomic E-state index is 1.00. The summed E-state index contributed by atoms with van der Waals surface area (Å²) in [6.07, 6.45) is 8.76. The van der Waals surface area contributed by atoms with E-state index in [2.05, 4.69) is 58.5 Å². The number of nitrogens with zero attached hydrogens (tertiary/aromatic N) is 2. The summed E-state index contributed by atoms with van der Waals surface area (Å²) in [5.41, 5.74) is 2.76. The summed E-state index contributed by atoms with van der Waals surface area (Å²) in [6.45, 7) is 5.29. The Morgan fingerprint density at radius 2 is 1.85 bits per heavy atom. The van der Waals surface area contributed by atoms with Crippen molar-refractivity contribution in [3.63, 3.8) is 0 Å². The van der Waals surface area contributed by atoms with Crippen LogP contribution in [-0.4, -0.2) is 22.9 Å². The van der Waals surface area contributed by atoms with Crippen molar-refractivity contribution < 1.29 is 0 Å². The van der Waals surface area contributed by atoms with Gasteiger partial charge in [0, 0.05) is 12.7 Å². The second kappa shape index (κ2) is 8.54. The van der Waals surface area contributed by atoms with Crippen LogP contribution in [0, 0.1) is 0 Å². The number of benzene rings is 1. The molecule has 0 aliphatic rings. The average molecular weight is 271 g/mol. The van der Waals surface area contributed by atoms with E-state index in [9.17, 15) is 0 Å². The molecule has 0 radical (unpaired) electrons. The van der Waals surface area contributed by atoms with E-state index in [-0.39, 0.29) is 0 Å². The summed E-state index contributed by atoms with van der Waals surface area (Å²) in [7, 11) is 0. The predicted octanol–water partition coefficient (Wildman–Crippen LogP) is 3.06. The van der Waals surface area contributed by atoms with Gasteiger partial charge in [-0.25, -0.2) is 0 Å². The van der Waals surface area contributed by atoms with E-state index in [0.29, 0.717) is 0 Å². The van der Waals surface area contributed by atoms with Gasteiger partial charge in [0.05, 0.1) is 6.20 Å². The summed E-state index contributed by atoms with van der Waals surface area (Å²) in [4.78, 5) is 0. The SMILES string of the molecule is CCNCCCc1cnn(CCCc2ccccc2)c1.